The first kappa shape index (κ1) is 14.9. The molecule has 1 fully saturated rings. The number of hydrogen-bond donors (Lipinski definition) is 3. The second-order valence-corrected chi connectivity index (χ2v) is 6.29. The summed E-state index contributed by atoms with van der Waals surface area (Å²) in [5, 5.41) is 14.0. The molecular formula is C11H18N4O4S. The monoisotopic (exact) mass is 302 g/mol. The van der Waals surface area contributed by atoms with Gasteiger partial charge in [-0.2, -0.15) is 5.10 Å². The molecule has 1 amide bonds. The Balaban J connectivity index is 2.05. The van der Waals surface area contributed by atoms with Crippen molar-refractivity contribution in [3.8, 4) is 0 Å². The fourth-order valence-corrected chi connectivity index (χ4v) is 3.11. The van der Waals surface area contributed by atoms with Crippen LogP contribution in [-0.2, 0) is 14.8 Å². The molecule has 4 N–H and O–H groups in total. The normalized spacial score (nSPS) is 22.4. The van der Waals surface area contributed by atoms with Gasteiger partial charge in [0.05, 0.1) is 11.8 Å². The van der Waals surface area contributed by atoms with E-state index < -0.39 is 15.9 Å². The Morgan fingerprint density at radius 2 is 2.20 bits per heavy atom. The third kappa shape index (κ3) is 3.00. The summed E-state index contributed by atoms with van der Waals surface area (Å²) >= 11 is 0. The topological polar surface area (TPSA) is 127 Å². The highest BCUT2D eigenvalue weighted by molar-refractivity contribution is 7.89. The van der Waals surface area contributed by atoms with E-state index in [9.17, 15) is 13.2 Å². The highest BCUT2D eigenvalue weighted by Gasteiger charge is 2.33. The first-order valence-corrected chi connectivity index (χ1v) is 7.87. The molecule has 0 unspecified atom stereocenters. The molecule has 0 bridgehead atoms. The van der Waals surface area contributed by atoms with Crippen molar-refractivity contribution < 1.29 is 17.9 Å². The summed E-state index contributed by atoms with van der Waals surface area (Å²) in [5.41, 5.74) is 0.0586. The van der Waals surface area contributed by atoms with Gasteiger partial charge >= 0.3 is 0 Å². The van der Waals surface area contributed by atoms with Crippen molar-refractivity contribution in [2.24, 2.45) is 5.14 Å². The number of sulfonamides is 1. The number of aromatic nitrogens is 2. The lowest BCUT2D eigenvalue weighted by atomic mass is 9.89. The van der Waals surface area contributed by atoms with E-state index in [0.29, 0.717) is 19.4 Å². The molecule has 20 heavy (non-hydrogen) atoms. The summed E-state index contributed by atoms with van der Waals surface area (Å²) in [6.45, 7) is 4.05. The maximum absolute atomic E-state index is 12.0. The SMILES string of the molecule is CCOC1CC(NC(=O)c2n[nH]c(C)c2S(N)(=O)=O)C1. The maximum Gasteiger partial charge on any atom is 0.273 e. The molecule has 0 spiro atoms. The quantitative estimate of drug-likeness (QED) is 0.686. The van der Waals surface area contributed by atoms with Crippen LogP contribution in [0.25, 0.3) is 0 Å². The Bertz CT molecular complexity index is 604. The molecule has 112 valence electrons. The van der Waals surface area contributed by atoms with Crippen LogP contribution in [0, 0.1) is 6.92 Å². The van der Waals surface area contributed by atoms with Crippen LogP contribution in [-0.4, -0.2) is 43.3 Å². The van der Waals surface area contributed by atoms with Crippen molar-refractivity contribution in [3.05, 3.63) is 11.4 Å². The number of nitrogens with zero attached hydrogens (tertiary/aromatic N) is 1. The molecule has 1 aromatic heterocycles. The van der Waals surface area contributed by atoms with Crippen LogP contribution in [0.5, 0.6) is 0 Å². The van der Waals surface area contributed by atoms with Crippen LogP contribution in [0.15, 0.2) is 4.90 Å². The first-order valence-electron chi connectivity index (χ1n) is 6.33. The second-order valence-electron chi connectivity index (χ2n) is 4.79. The van der Waals surface area contributed by atoms with Gasteiger partial charge in [-0.3, -0.25) is 9.89 Å². The van der Waals surface area contributed by atoms with Crippen molar-refractivity contribution in [1.82, 2.24) is 15.5 Å². The molecule has 1 heterocycles. The molecular weight excluding hydrogens is 284 g/mol. The van der Waals surface area contributed by atoms with E-state index in [-0.39, 0.29) is 28.4 Å². The van der Waals surface area contributed by atoms with Gasteiger partial charge in [-0.15, -0.1) is 0 Å². The lowest BCUT2D eigenvalue weighted by Crippen LogP contribution is -2.48. The number of primary sulfonamides is 1. The highest BCUT2D eigenvalue weighted by Crippen LogP contribution is 2.24. The minimum Gasteiger partial charge on any atom is -0.378 e. The van der Waals surface area contributed by atoms with E-state index in [2.05, 4.69) is 15.5 Å². The molecule has 1 aliphatic carbocycles. The summed E-state index contributed by atoms with van der Waals surface area (Å²) in [5.74, 6) is -0.543. The predicted octanol–water partition coefficient (Wildman–Crippen LogP) is -0.337. The van der Waals surface area contributed by atoms with Gasteiger partial charge in [0.15, 0.2) is 5.69 Å². The molecule has 8 nitrogen and oxygen atoms in total. The highest BCUT2D eigenvalue weighted by atomic mass is 32.2. The molecule has 0 radical (unpaired) electrons. The number of carbonyl (C=O) groups is 1. The number of aromatic amines is 1. The van der Waals surface area contributed by atoms with Crippen molar-refractivity contribution in [3.63, 3.8) is 0 Å². The van der Waals surface area contributed by atoms with Crippen LogP contribution in [0.2, 0.25) is 0 Å². The summed E-state index contributed by atoms with van der Waals surface area (Å²) in [7, 11) is -3.99. The minimum atomic E-state index is -3.99. The average molecular weight is 302 g/mol. The number of hydrogen-bond acceptors (Lipinski definition) is 5. The molecule has 0 aliphatic heterocycles. The zero-order valence-corrected chi connectivity index (χ0v) is 12.2. The number of nitrogens with one attached hydrogen (secondary N) is 2. The largest absolute Gasteiger partial charge is 0.378 e. The van der Waals surface area contributed by atoms with Crippen molar-refractivity contribution >= 4 is 15.9 Å². The molecule has 1 aromatic rings. The van der Waals surface area contributed by atoms with E-state index in [1.807, 2.05) is 6.92 Å². The van der Waals surface area contributed by atoms with Gasteiger partial charge in [0.2, 0.25) is 10.0 Å². The van der Waals surface area contributed by atoms with Crippen molar-refractivity contribution in [2.75, 3.05) is 6.61 Å². The van der Waals surface area contributed by atoms with Crippen LogP contribution >= 0.6 is 0 Å². The molecule has 0 atom stereocenters. The zero-order valence-electron chi connectivity index (χ0n) is 11.3. The van der Waals surface area contributed by atoms with E-state index in [1.165, 1.54) is 6.92 Å². The molecule has 1 aliphatic rings. The van der Waals surface area contributed by atoms with Crippen LogP contribution in [0.1, 0.15) is 35.9 Å². The summed E-state index contributed by atoms with van der Waals surface area (Å²) in [4.78, 5) is 11.8. The fourth-order valence-electron chi connectivity index (χ4n) is 2.23. The van der Waals surface area contributed by atoms with Gasteiger partial charge in [-0.1, -0.05) is 0 Å². The van der Waals surface area contributed by atoms with Gasteiger partial charge in [0, 0.05) is 12.6 Å². The molecule has 2 rings (SSSR count). The number of aryl methyl sites for hydroxylation is 1. The number of H-pyrrole nitrogens is 1. The number of nitrogens with two attached hydrogens (primary N) is 1. The Morgan fingerprint density at radius 1 is 1.55 bits per heavy atom. The maximum atomic E-state index is 12.0. The lowest BCUT2D eigenvalue weighted by Gasteiger charge is -2.35. The van der Waals surface area contributed by atoms with E-state index in [0.717, 1.165) is 0 Å². The third-order valence-electron chi connectivity index (χ3n) is 3.22. The van der Waals surface area contributed by atoms with Gasteiger partial charge in [-0.05, 0) is 26.7 Å². The number of carbonyl (C=O) groups excluding carboxylic acids is 1. The number of rotatable bonds is 5. The summed E-state index contributed by atoms with van der Waals surface area (Å²) in [6, 6.07) is -0.0237. The fraction of sp³-hybridized carbons (Fsp3) is 0.636. The Hall–Kier alpha value is -1.45. The first-order chi connectivity index (χ1) is 9.32. The van der Waals surface area contributed by atoms with Gasteiger partial charge < -0.3 is 10.1 Å². The third-order valence-corrected chi connectivity index (χ3v) is 4.29. The average Bonchev–Trinajstić information content (AvgIpc) is 2.68. The summed E-state index contributed by atoms with van der Waals surface area (Å²) < 4.78 is 28.3. The lowest BCUT2D eigenvalue weighted by molar-refractivity contribution is -0.00870. The Kier molecular flexibility index (Phi) is 4.11. The molecule has 0 saturated heterocycles. The minimum absolute atomic E-state index is 0.0237. The Labute approximate surface area is 117 Å². The predicted molar refractivity (Wildman–Crippen MR) is 70.6 cm³/mol. The summed E-state index contributed by atoms with van der Waals surface area (Å²) in [6.07, 6.45) is 1.59. The number of amides is 1. The van der Waals surface area contributed by atoms with E-state index in [1.54, 1.807) is 0 Å². The van der Waals surface area contributed by atoms with E-state index in [4.69, 9.17) is 9.88 Å². The van der Waals surface area contributed by atoms with Gasteiger partial charge in [0.25, 0.3) is 5.91 Å². The smallest absolute Gasteiger partial charge is 0.273 e. The standard InChI is InChI=1S/C11H18N4O4S/c1-3-19-8-4-7(5-8)13-11(16)9-10(20(12,17)18)6(2)14-15-9/h7-8H,3-5H2,1-2H3,(H,13,16)(H,14,15)(H2,12,17,18). The van der Waals surface area contributed by atoms with Crippen molar-refractivity contribution in [1.29, 1.82) is 0 Å². The van der Waals surface area contributed by atoms with E-state index >= 15 is 0 Å². The van der Waals surface area contributed by atoms with Crippen LogP contribution in [0.4, 0.5) is 0 Å². The van der Waals surface area contributed by atoms with Crippen LogP contribution < -0.4 is 10.5 Å². The molecule has 9 heteroatoms. The molecule has 0 aromatic carbocycles. The van der Waals surface area contributed by atoms with Gasteiger partial charge in [-0.25, -0.2) is 13.6 Å². The number of ether oxygens (including phenoxy) is 1. The second kappa shape index (κ2) is 5.51. The molecule has 1 saturated carbocycles. The van der Waals surface area contributed by atoms with Crippen LogP contribution in [0.3, 0.4) is 0 Å². The Morgan fingerprint density at radius 3 is 2.75 bits per heavy atom. The zero-order chi connectivity index (χ0) is 14.9. The van der Waals surface area contributed by atoms with Gasteiger partial charge in [0.1, 0.15) is 4.90 Å². The van der Waals surface area contributed by atoms with Crippen molar-refractivity contribution in [2.45, 2.75) is 43.7 Å².